The van der Waals surface area contributed by atoms with Crippen LogP contribution in [0.2, 0.25) is 0 Å². The van der Waals surface area contributed by atoms with Crippen LogP contribution in [0.5, 0.6) is 0 Å². The van der Waals surface area contributed by atoms with Gasteiger partial charge in [-0.15, -0.1) is 11.8 Å². The Morgan fingerprint density at radius 1 is 1.11 bits per heavy atom. The van der Waals surface area contributed by atoms with E-state index in [0.717, 1.165) is 4.91 Å². The lowest BCUT2D eigenvalue weighted by atomic mass is 10.3. The van der Waals surface area contributed by atoms with Gasteiger partial charge in [-0.05, 0) is 68.1 Å². The molecule has 0 N–H and O–H groups in total. The van der Waals surface area contributed by atoms with Crippen LogP contribution < -0.4 is 0 Å². The van der Waals surface area contributed by atoms with Crippen LogP contribution in [0.4, 0.5) is 0 Å². The minimum absolute atomic E-state index is 0.0835. The van der Waals surface area contributed by atoms with Crippen LogP contribution >= 0.6 is 28.8 Å². The summed E-state index contributed by atoms with van der Waals surface area (Å²) in [5, 5.41) is 2.15. The molecule has 19 heavy (non-hydrogen) atoms. The molecule has 0 spiro atoms. The van der Waals surface area contributed by atoms with Crippen molar-refractivity contribution in [2.75, 3.05) is 0 Å². The summed E-state index contributed by atoms with van der Waals surface area (Å²) >= 11 is 8.98. The SMILES string of the molecule is C/C(=C\SC(C)(C)C)SP(=S)(OC(C)C)OC(C)C. The second-order valence-electron chi connectivity index (χ2n) is 5.81. The number of rotatable bonds is 7. The molecule has 0 aliphatic rings. The molecule has 6 heteroatoms. The van der Waals surface area contributed by atoms with E-state index >= 15 is 0 Å². The molecule has 0 aromatic rings. The van der Waals surface area contributed by atoms with Crippen LogP contribution in [0.15, 0.2) is 10.3 Å². The Hall–Kier alpha value is 1.01. The van der Waals surface area contributed by atoms with Gasteiger partial charge in [0.15, 0.2) is 0 Å². The van der Waals surface area contributed by atoms with E-state index in [0.29, 0.717) is 0 Å². The zero-order chi connectivity index (χ0) is 15.3. The van der Waals surface area contributed by atoms with Crippen molar-refractivity contribution in [1.82, 2.24) is 0 Å². The molecule has 0 saturated heterocycles. The maximum atomic E-state index is 5.87. The zero-order valence-electron chi connectivity index (χ0n) is 13.2. The average molecular weight is 343 g/mol. The standard InChI is InChI=1S/C13H27O2PS3/c1-10(2)14-16(17,15-11(3)4)19-12(5)9-18-13(6,7)8/h9-11H,1-8H3/b12-9+. The van der Waals surface area contributed by atoms with Crippen LogP contribution in [-0.4, -0.2) is 17.0 Å². The van der Waals surface area contributed by atoms with Crippen molar-refractivity contribution in [3.05, 3.63) is 10.3 Å². The van der Waals surface area contributed by atoms with Crippen molar-refractivity contribution >= 4 is 40.6 Å². The smallest absolute Gasteiger partial charge is 0.252 e. The van der Waals surface area contributed by atoms with E-state index in [9.17, 15) is 0 Å². The summed E-state index contributed by atoms with van der Waals surface area (Å²) in [5.41, 5.74) is -2.30. The van der Waals surface area contributed by atoms with Crippen LogP contribution in [0.1, 0.15) is 55.4 Å². The van der Waals surface area contributed by atoms with E-state index in [1.54, 1.807) is 23.1 Å². The topological polar surface area (TPSA) is 18.5 Å². The maximum absolute atomic E-state index is 5.87. The van der Waals surface area contributed by atoms with E-state index in [4.69, 9.17) is 20.9 Å². The van der Waals surface area contributed by atoms with Crippen LogP contribution in [0.3, 0.4) is 0 Å². The molecular weight excluding hydrogens is 315 g/mol. The molecule has 0 fully saturated rings. The highest BCUT2D eigenvalue weighted by molar-refractivity contribution is 8.69. The molecule has 0 unspecified atom stereocenters. The molecule has 0 aliphatic heterocycles. The number of hydrogen-bond donors (Lipinski definition) is 0. The van der Waals surface area contributed by atoms with Crippen molar-refractivity contribution in [2.45, 2.75) is 72.3 Å². The normalized spacial score (nSPS) is 14.5. The van der Waals surface area contributed by atoms with Gasteiger partial charge in [-0.3, -0.25) is 0 Å². The largest absolute Gasteiger partial charge is 0.319 e. The summed E-state index contributed by atoms with van der Waals surface area (Å²) < 4.78 is 11.9. The van der Waals surface area contributed by atoms with Gasteiger partial charge in [0.2, 0.25) is 0 Å². The molecule has 0 saturated carbocycles. The molecule has 0 radical (unpaired) electrons. The Bertz CT molecular complexity index is 332. The Kier molecular flexibility index (Phi) is 8.90. The molecule has 0 bridgehead atoms. The molecule has 0 heterocycles. The van der Waals surface area contributed by atoms with Crippen molar-refractivity contribution < 1.29 is 9.05 Å². The van der Waals surface area contributed by atoms with Gasteiger partial charge in [0.25, 0.3) is 5.69 Å². The average Bonchev–Trinajstić information content (AvgIpc) is 2.09. The van der Waals surface area contributed by atoms with Crippen molar-refractivity contribution in [2.24, 2.45) is 0 Å². The van der Waals surface area contributed by atoms with Crippen molar-refractivity contribution in [3.63, 3.8) is 0 Å². The lowest BCUT2D eigenvalue weighted by molar-refractivity contribution is 0.186. The Labute approximate surface area is 132 Å². The minimum Gasteiger partial charge on any atom is -0.319 e. The maximum Gasteiger partial charge on any atom is 0.252 e. The molecular formula is C13H27O2PS3. The van der Waals surface area contributed by atoms with Gasteiger partial charge < -0.3 is 9.05 Å². The highest BCUT2D eigenvalue weighted by atomic mass is 32.9. The second kappa shape index (κ2) is 8.45. The Morgan fingerprint density at radius 2 is 1.53 bits per heavy atom. The summed E-state index contributed by atoms with van der Waals surface area (Å²) in [6.45, 7) is 16.6. The summed E-state index contributed by atoms with van der Waals surface area (Å²) in [7, 11) is 0. The van der Waals surface area contributed by atoms with E-state index in [1.165, 1.54) is 0 Å². The van der Waals surface area contributed by atoms with Crippen LogP contribution in [-0.2, 0) is 20.9 Å². The summed E-state index contributed by atoms with van der Waals surface area (Å²) in [4.78, 5) is 1.16. The molecule has 0 atom stereocenters. The summed E-state index contributed by atoms with van der Waals surface area (Å²) in [6.07, 6.45) is 0.167. The molecule has 0 aliphatic carbocycles. The minimum atomic E-state index is -2.30. The monoisotopic (exact) mass is 342 g/mol. The molecule has 0 aromatic carbocycles. The van der Waals surface area contributed by atoms with Gasteiger partial charge in [0.05, 0.1) is 12.2 Å². The fourth-order valence-corrected chi connectivity index (χ4v) is 8.23. The van der Waals surface area contributed by atoms with Gasteiger partial charge >= 0.3 is 0 Å². The lowest BCUT2D eigenvalue weighted by Crippen LogP contribution is -2.06. The molecule has 0 aromatic heterocycles. The van der Waals surface area contributed by atoms with E-state index in [2.05, 4.69) is 33.1 Å². The van der Waals surface area contributed by atoms with Crippen molar-refractivity contribution in [1.29, 1.82) is 0 Å². The highest BCUT2D eigenvalue weighted by Crippen LogP contribution is 2.65. The zero-order valence-corrected chi connectivity index (χ0v) is 16.6. The van der Waals surface area contributed by atoms with Gasteiger partial charge in [-0.1, -0.05) is 20.8 Å². The summed E-state index contributed by atoms with van der Waals surface area (Å²) in [6, 6.07) is 0. The molecule has 114 valence electrons. The van der Waals surface area contributed by atoms with Gasteiger partial charge in [-0.2, -0.15) is 0 Å². The fourth-order valence-electron chi connectivity index (χ4n) is 1.04. The first-order valence-electron chi connectivity index (χ1n) is 6.44. The quantitative estimate of drug-likeness (QED) is 0.512. The van der Waals surface area contributed by atoms with Gasteiger partial charge in [0, 0.05) is 4.75 Å². The summed E-state index contributed by atoms with van der Waals surface area (Å²) in [5.74, 6) is 0. The Morgan fingerprint density at radius 3 is 1.84 bits per heavy atom. The lowest BCUT2D eigenvalue weighted by Gasteiger charge is -2.26. The van der Waals surface area contributed by atoms with Crippen LogP contribution in [0.25, 0.3) is 0 Å². The van der Waals surface area contributed by atoms with E-state index in [-0.39, 0.29) is 17.0 Å². The predicted molar refractivity (Wildman–Crippen MR) is 95.4 cm³/mol. The molecule has 0 amide bonds. The third-order valence-corrected chi connectivity index (χ3v) is 8.07. The molecule has 0 rings (SSSR count). The van der Waals surface area contributed by atoms with E-state index in [1.807, 2.05) is 27.7 Å². The first-order chi connectivity index (χ1) is 8.43. The van der Waals surface area contributed by atoms with Gasteiger partial charge in [-0.25, -0.2) is 0 Å². The molecule has 2 nitrogen and oxygen atoms in total. The van der Waals surface area contributed by atoms with Gasteiger partial charge in [0.1, 0.15) is 0 Å². The third kappa shape index (κ3) is 11.4. The predicted octanol–water partition coefficient (Wildman–Crippen LogP) is 6.19. The van der Waals surface area contributed by atoms with Crippen LogP contribution in [0, 0.1) is 0 Å². The third-order valence-electron chi connectivity index (χ3n) is 1.51. The number of hydrogen-bond acceptors (Lipinski definition) is 5. The Balaban J connectivity index is 4.77. The second-order valence-corrected chi connectivity index (χ2v) is 13.8. The number of thioether (sulfide) groups is 1. The highest BCUT2D eigenvalue weighted by Gasteiger charge is 2.24. The number of allylic oxidation sites excluding steroid dienone is 1. The fraction of sp³-hybridized carbons (Fsp3) is 0.846. The first-order valence-corrected chi connectivity index (χ1v) is 11.4. The van der Waals surface area contributed by atoms with Crippen molar-refractivity contribution in [3.8, 4) is 0 Å². The first kappa shape index (κ1) is 20.0. The van der Waals surface area contributed by atoms with E-state index < -0.39 is 5.69 Å².